The second kappa shape index (κ2) is 17.9. The summed E-state index contributed by atoms with van der Waals surface area (Å²) in [7, 11) is 1.55. The average Bonchev–Trinajstić information content (AvgIpc) is 3.95. The first-order chi connectivity index (χ1) is 25.0. The Labute approximate surface area is 307 Å². The van der Waals surface area contributed by atoms with Gasteiger partial charge in [-0.1, -0.05) is 63.1 Å². The molecule has 52 heavy (non-hydrogen) atoms. The zero-order valence-electron chi connectivity index (χ0n) is 29.9. The number of benzene rings is 3. The topological polar surface area (TPSA) is 118 Å². The zero-order valence-corrected chi connectivity index (χ0v) is 30.7. The molecule has 0 amide bonds. The van der Waals surface area contributed by atoms with Gasteiger partial charge in [0.15, 0.2) is 34.6 Å². The third-order valence-corrected chi connectivity index (χ3v) is 10.5. The van der Waals surface area contributed by atoms with Gasteiger partial charge < -0.3 is 19.9 Å². The molecule has 2 N–H and O–H groups in total. The van der Waals surface area contributed by atoms with Gasteiger partial charge in [0.1, 0.15) is 11.6 Å². The molecule has 1 atom stereocenters. The minimum Gasteiger partial charge on any atom is -0.493 e. The number of rotatable bonds is 20. The maximum absolute atomic E-state index is 15.3. The van der Waals surface area contributed by atoms with E-state index in [9.17, 15) is 18.8 Å². The zero-order chi connectivity index (χ0) is 37.3. The minimum absolute atomic E-state index is 0.0270. The lowest BCUT2D eigenvalue weighted by atomic mass is 9.88. The second-order valence-electron chi connectivity index (χ2n) is 13.7. The molecule has 0 unspecified atom stereocenters. The number of ketones is 2. The second-order valence-corrected chi connectivity index (χ2v) is 14.8. The van der Waals surface area contributed by atoms with Gasteiger partial charge in [0.2, 0.25) is 5.12 Å². The molecule has 1 aliphatic carbocycles. The quantitative estimate of drug-likeness (QED) is 0.0704. The molecule has 0 spiro atoms. The Morgan fingerprint density at radius 3 is 2.17 bits per heavy atom. The summed E-state index contributed by atoms with van der Waals surface area (Å²) in [4.78, 5) is 42.7. The number of hydrogen-bond donors (Lipinski definition) is 1. The molecule has 4 aromatic rings. The fraction of sp³-hybridized carbons (Fsp3) is 0.415. The SMILES string of the molecule is COc1cc2c(Oc3ccc(CC(=O)C4(C(=O)Cc5ccc(F)cc5)CC4)cc3F)ccnc2cc1OCCCCCCCSC(=O)[C@@H](N)C(C)C. The van der Waals surface area contributed by atoms with Gasteiger partial charge in [-0.2, -0.15) is 0 Å². The lowest BCUT2D eigenvalue weighted by molar-refractivity contribution is -0.133. The summed E-state index contributed by atoms with van der Waals surface area (Å²) in [6, 6.07) is 14.8. The number of hydrogen-bond acceptors (Lipinski definition) is 9. The molecule has 11 heteroatoms. The van der Waals surface area contributed by atoms with Crippen LogP contribution < -0.4 is 19.9 Å². The largest absolute Gasteiger partial charge is 0.493 e. The lowest BCUT2D eigenvalue weighted by Gasteiger charge is -2.15. The first-order valence-corrected chi connectivity index (χ1v) is 18.8. The van der Waals surface area contributed by atoms with Gasteiger partial charge in [-0.3, -0.25) is 19.4 Å². The van der Waals surface area contributed by atoms with E-state index in [0.29, 0.717) is 58.7 Å². The highest BCUT2D eigenvalue weighted by atomic mass is 32.2. The average molecular weight is 733 g/mol. The van der Waals surface area contributed by atoms with Gasteiger partial charge in [-0.15, -0.1) is 0 Å². The van der Waals surface area contributed by atoms with Gasteiger partial charge in [0.25, 0.3) is 0 Å². The molecule has 3 aromatic carbocycles. The van der Waals surface area contributed by atoms with E-state index in [1.807, 2.05) is 13.8 Å². The predicted molar refractivity (Wildman–Crippen MR) is 199 cm³/mol. The smallest absolute Gasteiger partial charge is 0.205 e. The third-order valence-electron chi connectivity index (χ3n) is 9.44. The van der Waals surface area contributed by atoms with Crippen LogP contribution >= 0.6 is 11.8 Å². The Balaban J connectivity index is 1.13. The number of ether oxygens (including phenoxy) is 3. The monoisotopic (exact) mass is 732 g/mol. The molecule has 0 bridgehead atoms. The van der Waals surface area contributed by atoms with Crippen molar-refractivity contribution in [1.82, 2.24) is 4.98 Å². The number of thioether (sulfide) groups is 1. The van der Waals surface area contributed by atoms with Crippen molar-refractivity contribution in [3.05, 3.63) is 89.6 Å². The third kappa shape index (κ3) is 9.95. The van der Waals surface area contributed by atoms with E-state index in [1.165, 1.54) is 36.0 Å². The highest BCUT2D eigenvalue weighted by molar-refractivity contribution is 8.13. The number of methoxy groups -OCH3 is 1. The van der Waals surface area contributed by atoms with Crippen molar-refractivity contribution in [3.63, 3.8) is 0 Å². The molecule has 0 radical (unpaired) electrons. The minimum atomic E-state index is -1.07. The highest BCUT2D eigenvalue weighted by Gasteiger charge is 2.54. The number of unbranched alkanes of at least 4 members (excludes halogenated alkanes) is 4. The molecule has 1 aliphatic rings. The number of aromatic nitrogens is 1. The highest BCUT2D eigenvalue weighted by Crippen LogP contribution is 2.49. The summed E-state index contributed by atoms with van der Waals surface area (Å²) in [5, 5.41) is 0.665. The summed E-state index contributed by atoms with van der Waals surface area (Å²) < 4.78 is 46.3. The fourth-order valence-corrected chi connectivity index (χ4v) is 6.97. The number of carbonyl (C=O) groups is 3. The Kier molecular flexibility index (Phi) is 13.4. The van der Waals surface area contributed by atoms with E-state index in [1.54, 1.807) is 49.7 Å². The number of carbonyl (C=O) groups excluding carboxylic acids is 3. The van der Waals surface area contributed by atoms with Crippen molar-refractivity contribution >= 4 is 39.3 Å². The number of halogens is 2. The van der Waals surface area contributed by atoms with Crippen LogP contribution in [0.15, 0.2) is 66.9 Å². The fourth-order valence-electron chi connectivity index (χ4n) is 5.95. The van der Waals surface area contributed by atoms with Crippen LogP contribution in [0.25, 0.3) is 10.9 Å². The van der Waals surface area contributed by atoms with Crippen LogP contribution in [0.1, 0.15) is 69.9 Å². The van der Waals surface area contributed by atoms with Crippen LogP contribution in [0.3, 0.4) is 0 Å². The molecule has 1 aromatic heterocycles. The van der Waals surface area contributed by atoms with Gasteiger partial charge in [-0.25, -0.2) is 8.78 Å². The van der Waals surface area contributed by atoms with Crippen molar-refractivity contribution in [2.24, 2.45) is 17.1 Å². The Morgan fingerprint density at radius 2 is 1.50 bits per heavy atom. The molecular formula is C41H46F2N2O6S. The van der Waals surface area contributed by atoms with Gasteiger partial charge in [0, 0.05) is 36.2 Å². The summed E-state index contributed by atoms with van der Waals surface area (Å²) in [5.74, 6) is 0.829. The lowest BCUT2D eigenvalue weighted by Crippen LogP contribution is -2.33. The first-order valence-electron chi connectivity index (χ1n) is 17.8. The van der Waals surface area contributed by atoms with Gasteiger partial charge >= 0.3 is 0 Å². The Bertz CT molecular complexity index is 1880. The van der Waals surface area contributed by atoms with Crippen molar-refractivity contribution in [1.29, 1.82) is 0 Å². The summed E-state index contributed by atoms with van der Waals surface area (Å²) >= 11 is 1.33. The maximum atomic E-state index is 15.3. The molecule has 8 nitrogen and oxygen atoms in total. The standard InChI is InChI=1S/C41H46F2N2O6S/c1-26(2)39(44)40(48)52-20-8-6-4-5-7-19-50-36-25-32-30(24-35(36)49-3)33(15-18-45-32)51-34-14-11-28(21-31(34)43)23-38(47)41(16-17-41)37(46)22-27-9-12-29(42)13-10-27/h9-15,18,21,24-26,39H,4-8,16-17,19-20,22-23,44H2,1-3H3/t39-/m0/s1. The van der Waals surface area contributed by atoms with E-state index in [4.69, 9.17) is 19.9 Å². The maximum Gasteiger partial charge on any atom is 0.205 e. The summed E-state index contributed by atoms with van der Waals surface area (Å²) in [5.41, 5.74) is 6.52. The number of fused-ring (bicyclic) bond motifs is 1. The van der Waals surface area contributed by atoms with Crippen molar-refractivity contribution in [2.45, 2.75) is 77.7 Å². The molecule has 5 rings (SSSR count). The molecular weight excluding hydrogens is 687 g/mol. The molecule has 0 aliphatic heterocycles. The van der Waals surface area contributed by atoms with E-state index >= 15 is 4.39 Å². The van der Waals surface area contributed by atoms with Crippen molar-refractivity contribution < 1.29 is 37.4 Å². The number of Topliss-reactive ketones (excluding diaryl/α,β-unsaturated/α-hetero) is 2. The van der Waals surface area contributed by atoms with Crippen LogP contribution in [0.4, 0.5) is 8.78 Å². The van der Waals surface area contributed by atoms with Crippen LogP contribution in [0.5, 0.6) is 23.0 Å². The molecule has 276 valence electrons. The molecule has 1 fully saturated rings. The Hall–Kier alpha value is -4.35. The van der Waals surface area contributed by atoms with E-state index in [-0.39, 0.29) is 47.0 Å². The summed E-state index contributed by atoms with van der Waals surface area (Å²) in [6.07, 6.45) is 7.34. The number of pyridine rings is 1. The van der Waals surface area contributed by atoms with E-state index in [2.05, 4.69) is 4.98 Å². The van der Waals surface area contributed by atoms with E-state index in [0.717, 1.165) is 37.9 Å². The molecule has 0 saturated heterocycles. The van der Waals surface area contributed by atoms with Gasteiger partial charge in [0.05, 0.1) is 30.7 Å². The van der Waals surface area contributed by atoms with Crippen LogP contribution in [0.2, 0.25) is 0 Å². The predicted octanol–water partition coefficient (Wildman–Crippen LogP) is 8.59. The van der Waals surface area contributed by atoms with Crippen LogP contribution in [0, 0.1) is 23.0 Å². The van der Waals surface area contributed by atoms with Crippen LogP contribution in [-0.2, 0) is 27.2 Å². The van der Waals surface area contributed by atoms with Crippen molar-refractivity contribution in [3.8, 4) is 23.0 Å². The summed E-state index contributed by atoms with van der Waals surface area (Å²) in [6.45, 7) is 4.41. The Morgan fingerprint density at radius 1 is 0.827 bits per heavy atom. The number of nitrogens with two attached hydrogens (primary N) is 1. The van der Waals surface area contributed by atoms with E-state index < -0.39 is 17.3 Å². The molecule has 1 saturated carbocycles. The van der Waals surface area contributed by atoms with Gasteiger partial charge in [-0.05, 0) is 79.1 Å². The van der Waals surface area contributed by atoms with Crippen molar-refractivity contribution in [2.75, 3.05) is 19.5 Å². The van der Waals surface area contributed by atoms with Crippen LogP contribution in [-0.4, -0.2) is 47.2 Å². The normalized spacial score (nSPS) is 13.9. The molecule has 1 heterocycles. The first kappa shape index (κ1) is 38.9. The number of nitrogens with zero attached hydrogens (tertiary/aromatic N) is 1.